The largest absolute Gasteiger partial charge is 0.352 e. The maximum atomic E-state index is 13.2. The molecule has 0 aliphatic rings. The third kappa shape index (κ3) is 7.67. The van der Waals surface area contributed by atoms with E-state index in [2.05, 4.69) is 5.32 Å². The number of amides is 2. The highest BCUT2D eigenvalue weighted by molar-refractivity contribution is 7.99. The first-order valence-electron chi connectivity index (χ1n) is 10.7. The van der Waals surface area contributed by atoms with Crippen molar-refractivity contribution in [3.05, 3.63) is 75.3 Å². The van der Waals surface area contributed by atoms with Crippen molar-refractivity contribution >= 4 is 29.3 Å². The summed E-state index contributed by atoms with van der Waals surface area (Å²) >= 11 is 1.43. The minimum absolute atomic E-state index is 0.00982. The average Bonchev–Trinajstić information content (AvgIpc) is 2.74. The van der Waals surface area contributed by atoms with Crippen molar-refractivity contribution in [3.8, 4) is 0 Å². The number of nitrogens with zero attached hydrogens (tertiary/aromatic N) is 2. The molecule has 172 valence electrons. The first kappa shape index (κ1) is 25.4. The van der Waals surface area contributed by atoms with Gasteiger partial charge in [0.2, 0.25) is 11.8 Å². The van der Waals surface area contributed by atoms with Crippen LogP contribution in [0.1, 0.15) is 43.9 Å². The van der Waals surface area contributed by atoms with E-state index in [0.717, 1.165) is 16.7 Å². The maximum absolute atomic E-state index is 13.2. The monoisotopic (exact) mass is 457 g/mol. The first-order valence-corrected chi connectivity index (χ1v) is 11.8. The van der Waals surface area contributed by atoms with Crippen LogP contribution in [0.4, 0.5) is 5.69 Å². The number of non-ortho nitro benzene ring substituents is 1. The van der Waals surface area contributed by atoms with Crippen LogP contribution in [0.2, 0.25) is 0 Å². The van der Waals surface area contributed by atoms with Crippen molar-refractivity contribution in [1.29, 1.82) is 0 Å². The summed E-state index contributed by atoms with van der Waals surface area (Å²) in [6.07, 6.45) is 0.517. The molecule has 0 spiro atoms. The first-order chi connectivity index (χ1) is 15.2. The molecule has 0 saturated carbocycles. The van der Waals surface area contributed by atoms with E-state index in [9.17, 15) is 19.7 Å². The second kappa shape index (κ2) is 12.2. The number of aryl methyl sites for hydroxylation is 1. The molecule has 1 unspecified atom stereocenters. The predicted molar refractivity (Wildman–Crippen MR) is 128 cm³/mol. The fraction of sp³-hybridized carbons (Fsp3) is 0.417. The normalized spacial score (nSPS) is 11.8. The predicted octanol–water partition coefficient (Wildman–Crippen LogP) is 4.47. The number of hydrogen-bond donors (Lipinski definition) is 1. The minimum Gasteiger partial charge on any atom is -0.352 e. The van der Waals surface area contributed by atoms with E-state index in [-0.39, 0.29) is 29.3 Å². The molecule has 1 N–H and O–H groups in total. The quantitative estimate of drug-likeness (QED) is 0.397. The second-order valence-electron chi connectivity index (χ2n) is 8.01. The number of carbonyl (C=O) groups excluding carboxylic acids is 2. The van der Waals surface area contributed by atoms with Crippen LogP contribution in [-0.2, 0) is 21.9 Å². The van der Waals surface area contributed by atoms with Crippen LogP contribution in [0.15, 0.2) is 48.5 Å². The maximum Gasteiger partial charge on any atom is 0.269 e. The number of benzene rings is 2. The summed E-state index contributed by atoms with van der Waals surface area (Å²) in [4.78, 5) is 38.0. The van der Waals surface area contributed by atoms with Crippen molar-refractivity contribution < 1.29 is 14.5 Å². The molecule has 0 radical (unpaired) electrons. The van der Waals surface area contributed by atoms with Gasteiger partial charge in [0.25, 0.3) is 5.69 Å². The summed E-state index contributed by atoms with van der Waals surface area (Å²) in [5.41, 5.74) is 3.05. The molecule has 0 bridgehead atoms. The van der Waals surface area contributed by atoms with Crippen molar-refractivity contribution in [3.63, 3.8) is 0 Å². The van der Waals surface area contributed by atoms with E-state index < -0.39 is 11.0 Å². The number of hydrogen-bond acceptors (Lipinski definition) is 5. The molecular weight excluding hydrogens is 426 g/mol. The van der Waals surface area contributed by atoms with Crippen LogP contribution < -0.4 is 5.32 Å². The summed E-state index contributed by atoms with van der Waals surface area (Å²) in [6, 6.07) is 13.7. The van der Waals surface area contributed by atoms with E-state index in [1.807, 2.05) is 52.0 Å². The topological polar surface area (TPSA) is 92.6 Å². The molecule has 0 aliphatic carbocycles. The molecule has 2 aromatic carbocycles. The van der Waals surface area contributed by atoms with Crippen LogP contribution in [0, 0.1) is 17.0 Å². The SMILES string of the molecule is CCC(C(=O)NC(C)C)N(Cc1ccc(C)cc1)C(=O)CSCc1ccc([N+](=O)[O-])cc1. The van der Waals surface area contributed by atoms with Gasteiger partial charge >= 0.3 is 0 Å². The van der Waals surface area contributed by atoms with Gasteiger partial charge < -0.3 is 10.2 Å². The molecule has 0 heterocycles. The fourth-order valence-electron chi connectivity index (χ4n) is 3.24. The highest BCUT2D eigenvalue weighted by Gasteiger charge is 2.28. The van der Waals surface area contributed by atoms with Crippen LogP contribution in [0.25, 0.3) is 0 Å². The van der Waals surface area contributed by atoms with Gasteiger partial charge in [0.15, 0.2) is 0 Å². The zero-order valence-corrected chi connectivity index (χ0v) is 19.9. The lowest BCUT2D eigenvalue weighted by Crippen LogP contribution is -2.50. The minimum atomic E-state index is -0.550. The molecule has 2 amide bonds. The Balaban J connectivity index is 2.10. The van der Waals surface area contributed by atoms with E-state index in [1.165, 1.54) is 23.9 Å². The van der Waals surface area contributed by atoms with Gasteiger partial charge in [0.05, 0.1) is 10.7 Å². The Labute approximate surface area is 193 Å². The lowest BCUT2D eigenvalue weighted by molar-refractivity contribution is -0.384. The molecule has 2 rings (SSSR count). The van der Waals surface area contributed by atoms with Crippen molar-refractivity contribution in [2.75, 3.05) is 5.75 Å². The van der Waals surface area contributed by atoms with Crippen molar-refractivity contribution in [1.82, 2.24) is 10.2 Å². The molecular formula is C24H31N3O4S. The summed E-state index contributed by atoms with van der Waals surface area (Å²) in [7, 11) is 0. The highest BCUT2D eigenvalue weighted by Crippen LogP contribution is 2.19. The van der Waals surface area contributed by atoms with Gasteiger partial charge in [-0.05, 0) is 38.3 Å². The second-order valence-corrected chi connectivity index (χ2v) is 9.00. The van der Waals surface area contributed by atoms with Gasteiger partial charge in [-0.25, -0.2) is 0 Å². The summed E-state index contributed by atoms with van der Waals surface area (Å²) < 4.78 is 0. The van der Waals surface area contributed by atoms with Gasteiger partial charge in [-0.15, -0.1) is 11.8 Å². The zero-order chi connectivity index (χ0) is 23.7. The Bertz CT molecular complexity index is 914. The smallest absolute Gasteiger partial charge is 0.269 e. The average molecular weight is 458 g/mol. The van der Waals surface area contributed by atoms with E-state index in [4.69, 9.17) is 0 Å². The standard InChI is InChI=1S/C24H31N3O4S/c1-5-22(24(29)25-17(2)3)26(14-19-8-6-18(4)7-9-19)23(28)16-32-15-20-10-12-21(13-11-20)27(30)31/h6-13,17,22H,5,14-16H2,1-4H3,(H,25,29). The molecule has 0 aliphatic heterocycles. The third-order valence-corrected chi connectivity index (χ3v) is 5.92. The fourth-order valence-corrected chi connectivity index (χ4v) is 4.11. The Morgan fingerprint density at radius 1 is 1.06 bits per heavy atom. The molecule has 2 aromatic rings. The Kier molecular flexibility index (Phi) is 9.71. The molecule has 0 aromatic heterocycles. The van der Waals surface area contributed by atoms with Gasteiger partial charge in [-0.3, -0.25) is 19.7 Å². The summed E-state index contributed by atoms with van der Waals surface area (Å²) in [5.74, 6) is 0.511. The molecule has 1 atom stereocenters. The lowest BCUT2D eigenvalue weighted by Gasteiger charge is -2.31. The van der Waals surface area contributed by atoms with Gasteiger partial charge in [-0.1, -0.05) is 48.9 Å². The van der Waals surface area contributed by atoms with Gasteiger partial charge in [-0.2, -0.15) is 0 Å². The Hall–Kier alpha value is -2.87. The van der Waals surface area contributed by atoms with E-state index >= 15 is 0 Å². The van der Waals surface area contributed by atoms with Gasteiger partial charge in [0.1, 0.15) is 6.04 Å². The van der Waals surface area contributed by atoms with Crippen molar-refractivity contribution in [2.24, 2.45) is 0 Å². The molecule has 7 nitrogen and oxygen atoms in total. The third-order valence-electron chi connectivity index (χ3n) is 4.93. The van der Waals surface area contributed by atoms with Crippen molar-refractivity contribution in [2.45, 2.75) is 58.5 Å². The number of nitro groups is 1. The van der Waals surface area contributed by atoms with Crippen LogP contribution >= 0.6 is 11.8 Å². The molecule has 8 heteroatoms. The number of rotatable bonds is 11. The van der Waals surface area contributed by atoms with Crippen LogP contribution in [0.3, 0.4) is 0 Å². The summed E-state index contributed by atoms with van der Waals surface area (Å²) in [6.45, 7) is 8.07. The molecule has 0 saturated heterocycles. The van der Waals surface area contributed by atoms with Crippen LogP contribution in [0.5, 0.6) is 0 Å². The molecule has 32 heavy (non-hydrogen) atoms. The van der Waals surface area contributed by atoms with E-state index in [1.54, 1.807) is 17.0 Å². The Morgan fingerprint density at radius 2 is 1.66 bits per heavy atom. The zero-order valence-electron chi connectivity index (χ0n) is 19.0. The Morgan fingerprint density at radius 3 is 2.19 bits per heavy atom. The lowest BCUT2D eigenvalue weighted by atomic mass is 10.1. The number of carbonyl (C=O) groups is 2. The number of nitro benzene ring substituents is 1. The molecule has 0 fully saturated rings. The van der Waals surface area contributed by atoms with Crippen LogP contribution in [-0.4, -0.2) is 39.5 Å². The summed E-state index contributed by atoms with van der Waals surface area (Å²) in [5, 5.41) is 13.7. The highest BCUT2D eigenvalue weighted by atomic mass is 32.2. The van der Waals surface area contributed by atoms with E-state index in [0.29, 0.717) is 18.7 Å². The number of thioether (sulfide) groups is 1. The number of nitrogens with one attached hydrogen (secondary N) is 1. The van der Waals surface area contributed by atoms with Gasteiger partial charge in [0, 0.05) is 30.5 Å².